The van der Waals surface area contributed by atoms with Crippen LogP contribution in [-0.4, -0.2) is 49.3 Å². The van der Waals surface area contributed by atoms with Gasteiger partial charge in [0.25, 0.3) is 0 Å². The maximum absolute atomic E-state index is 11.5. The second-order valence-corrected chi connectivity index (χ2v) is 7.89. The van der Waals surface area contributed by atoms with Crippen molar-refractivity contribution in [2.75, 3.05) is 29.5 Å². The number of sulfone groups is 1. The Kier molecular flexibility index (Phi) is 4.64. The average Bonchev–Trinajstić information content (AvgIpc) is 2.75. The lowest BCUT2D eigenvalue weighted by Crippen LogP contribution is -2.47. The fourth-order valence-electron chi connectivity index (χ4n) is 2.18. The van der Waals surface area contributed by atoms with Crippen LogP contribution in [0.3, 0.4) is 0 Å². The van der Waals surface area contributed by atoms with Crippen LogP contribution in [0.1, 0.15) is 26.7 Å². The second kappa shape index (κ2) is 6.09. The Bertz CT molecular complexity index is 541. The summed E-state index contributed by atoms with van der Waals surface area (Å²) in [6, 6.07) is 0.277. The molecular formula is C12H22N4O3S. The van der Waals surface area contributed by atoms with Crippen molar-refractivity contribution in [2.24, 2.45) is 5.92 Å². The monoisotopic (exact) mass is 302 g/mol. The van der Waals surface area contributed by atoms with Gasteiger partial charge in [0.15, 0.2) is 9.84 Å². The smallest absolute Gasteiger partial charge is 0.318 e. The summed E-state index contributed by atoms with van der Waals surface area (Å²) in [6.07, 6.45) is 0. The zero-order valence-electron chi connectivity index (χ0n) is 12.2. The highest BCUT2D eigenvalue weighted by molar-refractivity contribution is 7.91. The molecule has 0 aromatic carbocycles. The molecule has 2 heterocycles. The first kappa shape index (κ1) is 15.2. The lowest BCUT2D eigenvalue weighted by molar-refractivity contribution is 0.439. The van der Waals surface area contributed by atoms with E-state index < -0.39 is 9.84 Å². The van der Waals surface area contributed by atoms with Crippen LogP contribution in [0.4, 0.5) is 6.01 Å². The normalized spacial score (nSPS) is 22.4. The van der Waals surface area contributed by atoms with Gasteiger partial charge in [0.1, 0.15) is 0 Å². The van der Waals surface area contributed by atoms with Gasteiger partial charge in [-0.2, -0.15) is 0 Å². The summed E-state index contributed by atoms with van der Waals surface area (Å²) >= 11 is 0. The van der Waals surface area contributed by atoms with Gasteiger partial charge in [0.2, 0.25) is 5.89 Å². The molecule has 1 aromatic heterocycles. The molecule has 1 unspecified atom stereocenters. The van der Waals surface area contributed by atoms with Gasteiger partial charge >= 0.3 is 6.01 Å². The van der Waals surface area contributed by atoms with Crippen LogP contribution in [0, 0.1) is 5.92 Å². The third kappa shape index (κ3) is 3.92. The van der Waals surface area contributed by atoms with E-state index in [-0.39, 0.29) is 17.5 Å². The second-order valence-electron chi connectivity index (χ2n) is 5.66. The molecule has 1 aliphatic heterocycles. The molecule has 114 valence electrons. The SMILES string of the molecule is CC(C)CNCc1nnc(N2CCS(=O)(=O)CC2C)o1. The Morgan fingerprint density at radius 3 is 2.85 bits per heavy atom. The minimum Gasteiger partial charge on any atom is -0.407 e. The van der Waals surface area contributed by atoms with Gasteiger partial charge in [0, 0.05) is 12.6 Å². The number of nitrogens with zero attached hydrogens (tertiary/aromatic N) is 3. The molecule has 20 heavy (non-hydrogen) atoms. The fourth-order valence-corrected chi connectivity index (χ4v) is 3.74. The summed E-state index contributed by atoms with van der Waals surface area (Å²) in [5.41, 5.74) is 0. The lowest BCUT2D eigenvalue weighted by atomic mass is 10.2. The molecular weight excluding hydrogens is 280 g/mol. The van der Waals surface area contributed by atoms with Crippen LogP contribution in [0.25, 0.3) is 0 Å². The standard InChI is InChI=1S/C12H22N4O3S/c1-9(2)6-13-7-11-14-15-12(19-11)16-4-5-20(17,18)8-10(16)3/h9-10,13H,4-8H2,1-3H3. The molecule has 8 heteroatoms. The molecule has 1 fully saturated rings. The van der Waals surface area contributed by atoms with Crippen LogP contribution in [0.15, 0.2) is 4.42 Å². The van der Waals surface area contributed by atoms with Gasteiger partial charge in [-0.05, 0) is 19.4 Å². The molecule has 2 rings (SSSR count). The summed E-state index contributed by atoms with van der Waals surface area (Å²) in [4.78, 5) is 1.86. The highest BCUT2D eigenvalue weighted by Gasteiger charge is 2.31. The van der Waals surface area contributed by atoms with E-state index in [9.17, 15) is 8.42 Å². The van der Waals surface area contributed by atoms with Gasteiger partial charge in [-0.1, -0.05) is 18.9 Å². The first-order chi connectivity index (χ1) is 9.37. The molecule has 1 N–H and O–H groups in total. The highest BCUT2D eigenvalue weighted by atomic mass is 32.2. The quantitative estimate of drug-likeness (QED) is 0.844. The number of nitrogens with one attached hydrogen (secondary N) is 1. The molecule has 0 radical (unpaired) electrons. The van der Waals surface area contributed by atoms with Crippen molar-refractivity contribution in [1.82, 2.24) is 15.5 Å². The Morgan fingerprint density at radius 1 is 1.45 bits per heavy atom. The van der Waals surface area contributed by atoms with Crippen molar-refractivity contribution in [3.63, 3.8) is 0 Å². The zero-order chi connectivity index (χ0) is 14.8. The predicted octanol–water partition coefficient (Wildman–Crippen LogP) is 0.439. The van der Waals surface area contributed by atoms with Gasteiger partial charge in [-0.3, -0.25) is 0 Å². The van der Waals surface area contributed by atoms with Crippen molar-refractivity contribution >= 4 is 15.9 Å². The van der Waals surface area contributed by atoms with Gasteiger partial charge in [-0.15, -0.1) is 5.10 Å². The van der Waals surface area contributed by atoms with Crippen LogP contribution in [0.5, 0.6) is 0 Å². The summed E-state index contributed by atoms with van der Waals surface area (Å²) in [5.74, 6) is 1.36. The molecule has 0 saturated carbocycles. The number of hydrogen-bond donors (Lipinski definition) is 1. The first-order valence-electron chi connectivity index (χ1n) is 6.87. The Balaban J connectivity index is 1.95. The summed E-state index contributed by atoms with van der Waals surface area (Å²) in [6.45, 7) is 7.94. The van der Waals surface area contributed by atoms with Gasteiger partial charge < -0.3 is 14.6 Å². The molecule has 0 aliphatic carbocycles. The van der Waals surface area contributed by atoms with E-state index >= 15 is 0 Å². The van der Waals surface area contributed by atoms with Crippen LogP contribution in [0.2, 0.25) is 0 Å². The molecule has 1 atom stereocenters. The minimum absolute atomic E-state index is 0.134. The van der Waals surface area contributed by atoms with E-state index in [1.165, 1.54) is 0 Å². The summed E-state index contributed by atoms with van der Waals surface area (Å²) in [7, 11) is -2.93. The summed E-state index contributed by atoms with van der Waals surface area (Å²) < 4.78 is 28.7. The highest BCUT2D eigenvalue weighted by Crippen LogP contribution is 2.20. The molecule has 0 spiro atoms. The van der Waals surface area contributed by atoms with Crippen LogP contribution >= 0.6 is 0 Å². The summed E-state index contributed by atoms with van der Waals surface area (Å²) in [5, 5.41) is 11.2. The number of anilines is 1. The molecule has 1 aromatic rings. The van der Waals surface area contributed by atoms with Crippen LogP contribution in [-0.2, 0) is 16.4 Å². The Hall–Kier alpha value is -1.15. The Labute approximate surface area is 119 Å². The maximum atomic E-state index is 11.5. The van der Waals surface area contributed by atoms with Crippen molar-refractivity contribution in [3.05, 3.63) is 5.89 Å². The average molecular weight is 302 g/mol. The van der Waals surface area contributed by atoms with Gasteiger partial charge in [0.05, 0.1) is 18.1 Å². The van der Waals surface area contributed by atoms with E-state index in [1.54, 1.807) is 0 Å². The molecule has 7 nitrogen and oxygen atoms in total. The third-order valence-corrected chi connectivity index (χ3v) is 5.00. The number of aromatic nitrogens is 2. The van der Waals surface area contributed by atoms with Crippen molar-refractivity contribution in [2.45, 2.75) is 33.4 Å². The largest absolute Gasteiger partial charge is 0.407 e. The number of hydrogen-bond acceptors (Lipinski definition) is 7. The topological polar surface area (TPSA) is 88.3 Å². The maximum Gasteiger partial charge on any atom is 0.318 e. The Morgan fingerprint density at radius 2 is 2.20 bits per heavy atom. The van der Waals surface area contributed by atoms with E-state index in [0.717, 1.165) is 6.54 Å². The van der Waals surface area contributed by atoms with E-state index in [2.05, 4.69) is 29.4 Å². The van der Waals surface area contributed by atoms with E-state index in [4.69, 9.17) is 4.42 Å². The van der Waals surface area contributed by atoms with E-state index in [0.29, 0.717) is 30.9 Å². The molecule has 1 saturated heterocycles. The predicted molar refractivity (Wildman–Crippen MR) is 76.3 cm³/mol. The van der Waals surface area contributed by atoms with E-state index in [1.807, 2.05) is 11.8 Å². The molecule has 0 amide bonds. The van der Waals surface area contributed by atoms with Crippen molar-refractivity contribution < 1.29 is 12.8 Å². The third-order valence-electron chi connectivity index (χ3n) is 3.20. The number of rotatable bonds is 5. The van der Waals surface area contributed by atoms with Crippen molar-refractivity contribution in [1.29, 1.82) is 0 Å². The molecule has 1 aliphatic rings. The fraction of sp³-hybridized carbons (Fsp3) is 0.833. The van der Waals surface area contributed by atoms with Crippen LogP contribution < -0.4 is 10.2 Å². The minimum atomic E-state index is -2.93. The zero-order valence-corrected chi connectivity index (χ0v) is 13.0. The first-order valence-corrected chi connectivity index (χ1v) is 8.69. The molecule has 0 bridgehead atoms. The van der Waals surface area contributed by atoms with Gasteiger partial charge in [-0.25, -0.2) is 8.42 Å². The lowest BCUT2D eigenvalue weighted by Gasteiger charge is -2.31. The van der Waals surface area contributed by atoms with Crippen molar-refractivity contribution in [3.8, 4) is 0 Å².